The van der Waals surface area contributed by atoms with Gasteiger partial charge in [0.05, 0.1) is 5.69 Å². The van der Waals surface area contributed by atoms with Gasteiger partial charge in [0.15, 0.2) is 5.13 Å². The highest BCUT2D eigenvalue weighted by Crippen LogP contribution is 2.29. The van der Waals surface area contributed by atoms with Gasteiger partial charge in [0, 0.05) is 60.1 Å². The number of anilines is 2. The zero-order valence-corrected chi connectivity index (χ0v) is 18.6. The molecule has 0 saturated heterocycles. The predicted molar refractivity (Wildman–Crippen MR) is 127 cm³/mol. The molecule has 3 aromatic rings. The van der Waals surface area contributed by atoms with Gasteiger partial charge in [-0.3, -0.25) is 9.78 Å². The van der Waals surface area contributed by atoms with Crippen LogP contribution in [0.5, 0.6) is 0 Å². The number of amides is 1. The summed E-state index contributed by atoms with van der Waals surface area (Å²) in [5.74, 6) is 0.195. The van der Waals surface area contributed by atoms with Gasteiger partial charge in [0.1, 0.15) is 0 Å². The first-order valence-corrected chi connectivity index (χ1v) is 11.0. The third-order valence-corrected chi connectivity index (χ3v) is 5.91. The second-order valence-corrected chi connectivity index (χ2v) is 8.55. The summed E-state index contributed by atoms with van der Waals surface area (Å²) < 4.78 is 0. The fraction of sp³-hybridized carbons (Fsp3) is 0.208. The van der Waals surface area contributed by atoms with Crippen LogP contribution < -0.4 is 15.5 Å². The summed E-state index contributed by atoms with van der Waals surface area (Å²) >= 11 is 1.56. The number of carbonyl (C=O) groups is 1. The summed E-state index contributed by atoms with van der Waals surface area (Å²) in [5.41, 5.74) is 5.42. The third-order valence-electron chi connectivity index (χ3n) is 5.15. The van der Waals surface area contributed by atoms with Crippen LogP contribution in [0.1, 0.15) is 23.7 Å². The van der Waals surface area contributed by atoms with Crippen LogP contribution in [0.25, 0.3) is 11.3 Å². The van der Waals surface area contributed by atoms with Gasteiger partial charge < -0.3 is 15.5 Å². The van der Waals surface area contributed by atoms with Crippen molar-refractivity contribution < 1.29 is 4.79 Å². The molecule has 31 heavy (non-hydrogen) atoms. The Kier molecular flexibility index (Phi) is 6.13. The molecule has 2 aromatic heterocycles. The molecule has 2 N–H and O–H groups in total. The Balaban J connectivity index is 1.46. The van der Waals surface area contributed by atoms with E-state index in [0.717, 1.165) is 39.9 Å². The molecule has 0 aliphatic heterocycles. The van der Waals surface area contributed by atoms with Crippen molar-refractivity contribution in [2.45, 2.75) is 13.3 Å². The number of hydrogen-bond donors (Lipinski definition) is 2. The van der Waals surface area contributed by atoms with Crippen LogP contribution >= 0.6 is 11.3 Å². The van der Waals surface area contributed by atoms with Crippen molar-refractivity contribution in [2.24, 2.45) is 5.92 Å². The summed E-state index contributed by atoms with van der Waals surface area (Å²) in [6, 6.07) is 11.5. The summed E-state index contributed by atoms with van der Waals surface area (Å²) in [5, 5.41) is 9.33. The molecule has 1 atom stereocenters. The minimum atomic E-state index is -0.116. The highest BCUT2D eigenvalue weighted by atomic mass is 32.1. The van der Waals surface area contributed by atoms with E-state index in [2.05, 4.69) is 28.6 Å². The van der Waals surface area contributed by atoms with Crippen LogP contribution in [0, 0.1) is 5.92 Å². The van der Waals surface area contributed by atoms with E-state index >= 15 is 0 Å². The number of nitrogens with zero attached hydrogens (tertiary/aromatic N) is 3. The maximum absolute atomic E-state index is 12.8. The molecule has 158 valence electrons. The van der Waals surface area contributed by atoms with E-state index in [1.54, 1.807) is 23.7 Å². The zero-order chi connectivity index (χ0) is 21.8. The second-order valence-electron chi connectivity index (χ2n) is 7.69. The van der Waals surface area contributed by atoms with Gasteiger partial charge in [0.25, 0.3) is 5.91 Å². The minimum Gasteiger partial charge on any atom is -0.378 e. The van der Waals surface area contributed by atoms with Crippen molar-refractivity contribution >= 4 is 28.1 Å². The highest BCUT2D eigenvalue weighted by Gasteiger charge is 2.17. The molecule has 1 aromatic carbocycles. The first kappa shape index (κ1) is 20.8. The van der Waals surface area contributed by atoms with Crippen LogP contribution in [0.4, 0.5) is 10.8 Å². The van der Waals surface area contributed by atoms with Crippen molar-refractivity contribution in [3.8, 4) is 11.3 Å². The Morgan fingerprint density at radius 2 is 2.00 bits per heavy atom. The van der Waals surface area contributed by atoms with Crippen molar-refractivity contribution in [3.63, 3.8) is 0 Å². The number of benzene rings is 1. The van der Waals surface area contributed by atoms with Gasteiger partial charge in [-0.15, -0.1) is 11.3 Å². The van der Waals surface area contributed by atoms with E-state index in [9.17, 15) is 4.79 Å². The number of thiazole rings is 1. The number of allylic oxidation sites excluding steroid dienone is 3. The fourth-order valence-electron chi connectivity index (χ4n) is 3.28. The van der Waals surface area contributed by atoms with Crippen LogP contribution in [0.2, 0.25) is 0 Å². The molecule has 0 spiro atoms. The van der Waals surface area contributed by atoms with E-state index in [1.165, 1.54) is 0 Å². The van der Waals surface area contributed by atoms with Gasteiger partial charge in [0.2, 0.25) is 0 Å². The fourth-order valence-corrected chi connectivity index (χ4v) is 4.02. The Morgan fingerprint density at radius 1 is 1.19 bits per heavy atom. The average molecular weight is 432 g/mol. The Labute approximate surface area is 186 Å². The van der Waals surface area contributed by atoms with Gasteiger partial charge in [-0.25, -0.2) is 4.98 Å². The minimum absolute atomic E-state index is 0.116. The molecule has 1 amide bonds. The van der Waals surface area contributed by atoms with E-state index in [1.807, 2.05) is 66.8 Å². The van der Waals surface area contributed by atoms with Crippen molar-refractivity contribution in [1.82, 2.24) is 15.3 Å². The maximum atomic E-state index is 12.8. The molecule has 2 heterocycles. The largest absolute Gasteiger partial charge is 0.378 e. The maximum Gasteiger partial charge on any atom is 0.255 e. The molecule has 7 heteroatoms. The monoisotopic (exact) mass is 431 g/mol. The molecule has 6 nitrogen and oxygen atoms in total. The molecular weight excluding hydrogens is 406 g/mol. The van der Waals surface area contributed by atoms with Gasteiger partial charge in [-0.1, -0.05) is 19.1 Å². The molecule has 1 unspecified atom stereocenters. The Hall–Kier alpha value is -3.45. The first-order chi connectivity index (χ1) is 15.0. The van der Waals surface area contributed by atoms with Crippen molar-refractivity contribution in [1.29, 1.82) is 0 Å². The summed E-state index contributed by atoms with van der Waals surface area (Å²) in [7, 11) is 3.92. The number of pyridine rings is 1. The zero-order valence-electron chi connectivity index (χ0n) is 17.8. The summed E-state index contributed by atoms with van der Waals surface area (Å²) in [4.78, 5) is 23.5. The smallest absolute Gasteiger partial charge is 0.255 e. The lowest BCUT2D eigenvalue weighted by Gasteiger charge is -2.21. The molecule has 1 aliphatic carbocycles. The lowest BCUT2D eigenvalue weighted by Crippen LogP contribution is -2.25. The van der Waals surface area contributed by atoms with Gasteiger partial charge in [-0.05, 0) is 48.7 Å². The molecule has 0 bridgehead atoms. The van der Waals surface area contributed by atoms with Crippen molar-refractivity contribution in [2.75, 3.05) is 24.3 Å². The SMILES string of the molecule is CC1CC=C(NC(=O)c2cccc(N(C)C)c2)C=C1Nc1nc(-c2ccncc2)cs1. The average Bonchev–Trinajstić information content (AvgIpc) is 3.25. The van der Waals surface area contributed by atoms with E-state index in [0.29, 0.717) is 11.5 Å². The molecule has 0 fully saturated rings. The number of aromatic nitrogens is 2. The lowest BCUT2D eigenvalue weighted by atomic mass is 9.97. The van der Waals surface area contributed by atoms with Crippen LogP contribution in [-0.2, 0) is 0 Å². The highest BCUT2D eigenvalue weighted by molar-refractivity contribution is 7.14. The number of nitrogens with one attached hydrogen (secondary N) is 2. The number of carbonyl (C=O) groups excluding carboxylic acids is 1. The Morgan fingerprint density at radius 3 is 2.77 bits per heavy atom. The van der Waals surface area contributed by atoms with E-state index < -0.39 is 0 Å². The van der Waals surface area contributed by atoms with Crippen LogP contribution in [0.15, 0.2) is 77.7 Å². The summed E-state index contributed by atoms with van der Waals surface area (Å²) in [6.07, 6.45) is 8.43. The van der Waals surface area contributed by atoms with Gasteiger partial charge >= 0.3 is 0 Å². The van der Waals surface area contributed by atoms with Gasteiger partial charge in [-0.2, -0.15) is 0 Å². The lowest BCUT2D eigenvalue weighted by molar-refractivity contribution is 0.0967. The topological polar surface area (TPSA) is 70.2 Å². The van der Waals surface area contributed by atoms with E-state index in [4.69, 9.17) is 4.98 Å². The van der Waals surface area contributed by atoms with Crippen molar-refractivity contribution in [3.05, 3.63) is 83.3 Å². The first-order valence-electron chi connectivity index (χ1n) is 10.1. The summed E-state index contributed by atoms with van der Waals surface area (Å²) in [6.45, 7) is 2.16. The van der Waals surface area contributed by atoms with Crippen LogP contribution in [-0.4, -0.2) is 30.0 Å². The molecular formula is C24H25N5OS. The molecule has 4 rings (SSSR count). The molecule has 1 aliphatic rings. The van der Waals surface area contributed by atoms with Crippen LogP contribution in [0.3, 0.4) is 0 Å². The number of hydrogen-bond acceptors (Lipinski definition) is 6. The second kappa shape index (κ2) is 9.14. The quantitative estimate of drug-likeness (QED) is 0.580. The Bertz CT molecular complexity index is 1130. The standard InChI is InChI=1S/C24H25N5OS/c1-16-7-8-19(26-23(30)18-5-4-6-20(13-18)29(2)3)14-21(16)27-24-28-22(15-31-24)17-9-11-25-12-10-17/h4-6,8-16H,7H2,1-3H3,(H,26,30)(H,27,28). The molecule has 0 radical (unpaired) electrons. The third kappa shape index (κ3) is 5.00. The molecule has 0 saturated carbocycles. The number of rotatable bonds is 6. The normalized spacial score (nSPS) is 15.6. The predicted octanol–water partition coefficient (Wildman–Crippen LogP) is 4.92. The van der Waals surface area contributed by atoms with E-state index in [-0.39, 0.29) is 5.91 Å².